The van der Waals surface area contributed by atoms with Gasteiger partial charge in [0.05, 0.1) is 18.1 Å². The minimum atomic E-state index is -2.92. The van der Waals surface area contributed by atoms with E-state index in [0.29, 0.717) is 12.5 Å². The van der Waals surface area contributed by atoms with Crippen molar-refractivity contribution in [1.82, 2.24) is 10.2 Å². The Morgan fingerprint density at radius 1 is 1.44 bits per heavy atom. The Labute approximate surface area is 109 Å². The van der Waals surface area contributed by atoms with Crippen molar-refractivity contribution in [2.75, 3.05) is 24.6 Å². The molecule has 1 saturated carbocycles. The summed E-state index contributed by atoms with van der Waals surface area (Å²) in [6.45, 7) is 4.85. The number of hydrogen-bond donors (Lipinski definition) is 1. The van der Waals surface area contributed by atoms with Crippen LogP contribution >= 0.6 is 0 Å². The SMILES string of the molecule is CCN(C(=O)CNC1(C)CCS(=O)(=O)C1)C1CC1. The summed E-state index contributed by atoms with van der Waals surface area (Å²) >= 11 is 0. The fourth-order valence-electron chi connectivity index (χ4n) is 2.56. The Hall–Kier alpha value is -0.620. The first-order valence-electron chi connectivity index (χ1n) is 6.60. The summed E-state index contributed by atoms with van der Waals surface area (Å²) in [4.78, 5) is 13.9. The Kier molecular flexibility index (Phi) is 3.69. The number of amides is 1. The molecule has 1 unspecified atom stereocenters. The topological polar surface area (TPSA) is 66.5 Å². The van der Waals surface area contributed by atoms with Crippen molar-refractivity contribution in [3.8, 4) is 0 Å². The molecule has 0 aromatic rings. The van der Waals surface area contributed by atoms with Crippen LogP contribution in [0.2, 0.25) is 0 Å². The van der Waals surface area contributed by atoms with Gasteiger partial charge in [-0.25, -0.2) is 8.42 Å². The fourth-order valence-corrected chi connectivity index (χ4v) is 4.69. The van der Waals surface area contributed by atoms with Gasteiger partial charge in [-0.15, -0.1) is 0 Å². The van der Waals surface area contributed by atoms with E-state index in [1.807, 2.05) is 18.7 Å². The van der Waals surface area contributed by atoms with Gasteiger partial charge in [-0.05, 0) is 33.1 Å². The molecule has 1 N–H and O–H groups in total. The van der Waals surface area contributed by atoms with Crippen LogP contribution in [0.3, 0.4) is 0 Å². The third-order valence-electron chi connectivity index (χ3n) is 3.82. The van der Waals surface area contributed by atoms with Crippen LogP contribution in [-0.2, 0) is 14.6 Å². The Balaban J connectivity index is 1.86. The maximum atomic E-state index is 12.0. The summed E-state index contributed by atoms with van der Waals surface area (Å²) in [5.74, 6) is 0.457. The normalized spacial score (nSPS) is 30.3. The number of nitrogens with zero attached hydrogens (tertiary/aromatic N) is 1. The van der Waals surface area contributed by atoms with E-state index in [1.54, 1.807) is 0 Å². The van der Waals surface area contributed by atoms with E-state index in [1.165, 1.54) is 0 Å². The quantitative estimate of drug-likeness (QED) is 0.776. The van der Waals surface area contributed by atoms with Gasteiger partial charge in [0, 0.05) is 18.1 Å². The van der Waals surface area contributed by atoms with Crippen molar-refractivity contribution < 1.29 is 13.2 Å². The van der Waals surface area contributed by atoms with Crippen LogP contribution in [0.15, 0.2) is 0 Å². The smallest absolute Gasteiger partial charge is 0.236 e. The minimum absolute atomic E-state index is 0.0884. The molecule has 1 amide bonds. The lowest BCUT2D eigenvalue weighted by molar-refractivity contribution is -0.130. The van der Waals surface area contributed by atoms with Crippen molar-refractivity contribution in [2.45, 2.75) is 44.7 Å². The summed E-state index contributed by atoms with van der Waals surface area (Å²) in [6.07, 6.45) is 2.80. The van der Waals surface area contributed by atoms with E-state index in [0.717, 1.165) is 19.4 Å². The molecule has 1 aliphatic heterocycles. The molecular weight excluding hydrogens is 252 g/mol. The number of hydrogen-bond acceptors (Lipinski definition) is 4. The lowest BCUT2D eigenvalue weighted by Crippen LogP contribution is -2.49. The predicted molar refractivity (Wildman–Crippen MR) is 70.1 cm³/mol. The summed E-state index contributed by atoms with van der Waals surface area (Å²) in [7, 11) is -2.92. The molecule has 0 spiro atoms. The van der Waals surface area contributed by atoms with Crippen molar-refractivity contribution in [3.63, 3.8) is 0 Å². The summed E-state index contributed by atoms with van der Waals surface area (Å²) in [5, 5.41) is 3.14. The number of nitrogens with one attached hydrogen (secondary N) is 1. The maximum absolute atomic E-state index is 12.0. The van der Waals surface area contributed by atoms with E-state index in [4.69, 9.17) is 0 Å². The molecule has 1 saturated heterocycles. The van der Waals surface area contributed by atoms with Gasteiger partial charge in [0.15, 0.2) is 9.84 Å². The molecule has 1 atom stereocenters. The third kappa shape index (κ3) is 3.23. The molecule has 0 aromatic heterocycles. The molecule has 18 heavy (non-hydrogen) atoms. The fraction of sp³-hybridized carbons (Fsp3) is 0.917. The molecule has 1 aliphatic carbocycles. The zero-order chi connectivity index (χ0) is 13.4. The largest absolute Gasteiger partial charge is 0.339 e. The van der Waals surface area contributed by atoms with Gasteiger partial charge in [0.25, 0.3) is 0 Å². The molecule has 0 bridgehead atoms. The second-order valence-corrected chi connectivity index (χ2v) is 7.85. The standard InChI is InChI=1S/C12H22N2O3S/c1-3-14(10-4-5-10)11(15)8-13-12(2)6-7-18(16,17)9-12/h10,13H,3-9H2,1-2H3. The first kappa shape index (κ1) is 13.8. The van der Waals surface area contributed by atoms with Crippen LogP contribution < -0.4 is 5.32 Å². The molecule has 0 radical (unpaired) electrons. The highest BCUT2D eigenvalue weighted by atomic mass is 32.2. The van der Waals surface area contributed by atoms with Gasteiger partial charge in [-0.2, -0.15) is 0 Å². The monoisotopic (exact) mass is 274 g/mol. The molecule has 5 nitrogen and oxygen atoms in total. The minimum Gasteiger partial charge on any atom is -0.339 e. The third-order valence-corrected chi connectivity index (χ3v) is 5.72. The first-order chi connectivity index (χ1) is 8.35. The van der Waals surface area contributed by atoms with Crippen LogP contribution in [0.25, 0.3) is 0 Å². The number of likely N-dealkylation sites (N-methyl/N-ethyl adjacent to an activating group) is 1. The average molecular weight is 274 g/mol. The molecule has 2 fully saturated rings. The van der Waals surface area contributed by atoms with Gasteiger partial charge >= 0.3 is 0 Å². The first-order valence-corrected chi connectivity index (χ1v) is 8.42. The van der Waals surface area contributed by atoms with Gasteiger partial charge in [0.1, 0.15) is 0 Å². The molecule has 104 valence electrons. The van der Waals surface area contributed by atoms with Crippen molar-refractivity contribution in [1.29, 1.82) is 0 Å². The highest BCUT2D eigenvalue weighted by Crippen LogP contribution is 2.27. The highest BCUT2D eigenvalue weighted by molar-refractivity contribution is 7.91. The molecule has 2 aliphatic rings. The molecule has 2 rings (SSSR count). The van der Waals surface area contributed by atoms with Gasteiger partial charge in [0.2, 0.25) is 5.91 Å². The predicted octanol–water partition coefficient (Wildman–Crippen LogP) is 0.164. The Morgan fingerprint density at radius 2 is 2.11 bits per heavy atom. The molecule has 1 heterocycles. The van der Waals surface area contributed by atoms with Crippen LogP contribution in [-0.4, -0.2) is 55.4 Å². The molecule has 6 heteroatoms. The van der Waals surface area contributed by atoms with Crippen molar-refractivity contribution >= 4 is 15.7 Å². The van der Waals surface area contributed by atoms with E-state index >= 15 is 0 Å². The summed E-state index contributed by atoms with van der Waals surface area (Å²) in [5.41, 5.74) is -0.433. The van der Waals surface area contributed by atoms with Gasteiger partial charge in [-0.1, -0.05) is 0 Å². The summed E-state index contributed by atoms with van der Waals surface area (Å²) < 4.78 is 22.9. The van der Waals surface area contributed by atoms with Crippen molar-refractivity contribution in [2.24, 2.45) is 0 Å². The highest BCUT2D eigenvalue weighted by Gasteiger charge is 2.39. The zero-order valence-corrected chi connectivity index (χ0v) is 11.9. The van der Waals surface area contributed by atoms with Crippen LogP contribution in [0.5, 0.6) is 0 Å². The molecular formula is C12H22N2O3S. The van der Waals surface area contributed by atoms with E-state index in [2.05, 4.69) is 5.32 Å². The second-order valence-electron chi connectivity index (χ2n) is 5.67. The van der Waals surface area contributed by atoms with Gasteiger partial charge < -0.3 is 10.2 Å². The van der Waals surface area contributed by atoms with E-state index in [9.17, 15) is 13.2 Å². The average Bonchev–Trinajstić information content (AvgIpc) is 3.05. The second kappa shape index (κ2) is 4.81. The maximum Gasteiger partial charge on any atom is 0.236 e. The Bertz CT molecular complexity index is 431. The number of rotatable bonds is 5. The van der Waals surface area contributed by atoms with Gasteiger partial charge in [-0.3, -0.25) is 4.79 Å². The van der Waals surface area contributed by atoms with Crippen LogP contribution in [0, 0.1) is 0 Å². The van der Waals surface area contributed by atoms with Crippen LogP contribution in [0.1, 0.15) is 33.1 Å². The summed E-state index contributed by atoms with van der Waals surface area (Å²) in [6, 6.07) is 0.421. The van der Waals surface area contributed by atoms with Crippen molar-refractivity contribution in [3.05, 3.63) is 0 Å². The van der Waals surface area contributed by atoms with Crippen LogP contribution in [0.4, 0.5) is 0 Å². The number of sulfone groups is 1. The Morgan fingerprint density at radius 3 is 2.56 bits per heavy atom. The number of carbonyl (C=O) groups is 1. The van der Waals surface area contributed by atoms with E-state index < -0.39 is 15.4 Å². The van der Waals surface area contributed by atoms with E-state index in [-0.39, 0.29) is 24.0 Å². The lowest BCUT2D eigenvalue weighted by atomic mass is 10.0. The molecule has 0 aromatic carbocycles. The number of carbonyl (C=O) groups excluding carboxylic acids is 1. The lowest BCUT2D eigenvalue weighted by Gasteiger charge is -2.26. The zero-order valence-electron chi connectivity index (χ0n) is 11.1.